The molecular weight excluding hydrogens is 528 g/mol. The zero-order valence-electron chi connectivity index (χ0n) is 29.9. The van der Waals surface area contributed by atoms with Gasteiger partial charge in [-0.2, -0.15) is 0 Å². The lowest BCUT2D eigenvalue weighted by atomic mass is 10.1. The van der Waals surface area contributed by atoms with Gasteiger partial charge in [-0.25, -0.2) is 0 Å². The van der Waals surface area contributed by atoms with E-state index in [9.17, 15) is 0 Å². The van der Waals surface area contributed by atoms with Crippen LogP contribution in [0.1, 0.15) is 135 Å². The van der Waals surface area contributed by atoms with Crippen molar-refractivity contribution in [2.45, 2.75) is 142 Å². The highest BCUT2D eigenvalue weighted by atomic mass is 32.2. The summed E-state index contributed by atoms with van der Waals surface area (Å²) >= 11 is 1.85. The van der Waals surface area contributed by atoms with E-state index in [0.29, 0.717) is 6.61 Å². The molecule has 1 rings (SSSR count). The van der Waals surface area contributed by atoms with E-state index >= 15 is 0 Å². The van der Waals surface area contributed by atoms with Gasteiger partial charge in [-0.15, -0.1) is 11.8 Å². The first kappa shape index (κ1) is 46.7. The summed E-state index contributed by atoms with van der Waals surface area (Å²) in [4.78, 5) is 10.9. The summed E-state index contributed by atoms with van der Waals surface area (Å²) in [6.45, 7) is 31.4. The van der Waals surface area contributed by atoms with E-state index < -0.39 is 0 Å². The third kappa shape index (κ3) is 33.2. The number of unbranched alkanes of at least 4 members (excludes halogenated alkanes) is 1. The molecule has 6 heteroatoms. The minimum Gasteiger partial charge on any atom is -0.393 e. The molecule has 0 amide bonds. The highest BCUT2D eigenvalue weighted by Gasteiger charge is 2.12. The van der Waals surface area contributed by atoms with Gasteiger partial charge in [0, 0.05) is 50.5 Å². The largest absolute Gasteiger partial charge is 0.393 e. The van der Waals surface area contributed by atoms with Gasteiger partial charge in [0.05, 0.1) is 17.5 Å². The van der Waals surface area contributed by atoms with E-state index in [1.54, 1.807) is 14.0 Å². The zero-order chi connectivity index (χ0) is 32.6. The van der Waals surface area contributed by atoms with Crippen LogP contribution in [-0.2, 0) is 9.47 Å². The topological polar surface area (TPSA) is 63.4 Å². The van der Waals surface area contributed by atoms with E-state index in [4.69, 9.17) is 19.6 Å². The SMILES string of the molecule is C/C=C(/C)C1=NC(CS/C(C)=C\CC)=C(C)N=C(C)C1.CC.CCC(C)COC.CCCC.CCOCCC(C)O. The standard InChI is InChI=1S/C17H26N2S.C6H14O2.C6H14O.C4H10.C2H6/c1-7-9-14(5)20-11-17-15(6)18-13(4)10-16(19-17)12(3)8-2;1-3-8-5-4-6(2)7;1-4-6(2)5-7-3;1-3-4-2;1-2/h8-9H,7,10-11H2,1-6H3;6-7H,3-5H2,1-2H3;6H,4-5H2,1-3H3;3-4H2,1-2H3;1-2H3/b12-8-,14-9-;;;;. The number of ether oxygens (including phenoxy) is 2. The third-order valence-corrected chi connectivity index (χ3v) is 6.86. The Labute approximate surface area is 261 Å². The Bertz CT molecular complexity index is 736. The maximum atomic E-state index is 8.70. The van der Waals surface area contributed by atoms with E-state index in [-0.39, 0.29) is 6.10 Å². The molecule has 1 aliphatic heterocycles. The number of hydrogen-bond acceptors (Lipinski definition) is 6. The molecule has 244 valence electrons. The molecule has 0 aromatic rings. The number of methoxy groups -OCH3 is 1. The van der Waals surface area contributed by atoms with Gasteiger partial charge in [0.2, 0.25) is 0 Å². The summed E-state index contributed by atoms with van der Waals surface area (Å²) in [5, 5.41) is 8.70. The average molecular weight is 599 g/mol. The number of aliphatic imine (C=N–C) groups is 2. The molecule has 0 aromatic heterocycles. The van der Waals surface area contributed by atoms with Crippen molar-refractivity contribution >= 4 is 23.2 Å². The molecule has 41 heavy (non-hydrogen) atoms. The van der Waals surface area contributed by atoms with Crippen LogP contribution in [-0.4, -0.2) is 55.3 Å². The molecular formula is C35H70N2O3S. The van der Waals surface area contributed by atoms with Crippen molar-refractivity contribution in [3.63, 3.8) is 0 Å². The van der Waals surface area contributed by atoms with Crippen molar-refractivity contribution in [1.82, 2.24) is 0 Å². The Balaban J connectivity index is -0.000000268. The molecule has 0 bridgehead atoms. The number of aliphatic hydroxyl groups excluding tert-OH is 1. The van der Waals surface area contributed by atoms with Crippen LogP contribution >= 0.6 is 11.8 Å². The van der Waals surface area contributed by atoms with Crippen molar-refractivity contribution < 1.29 is 14.6 Å². The second-order valence-electron chi connectivity index (χ2n) is 9.90. The molecule has 0 aliphatic carbocycles. The first-order chi connectivity index (χ1) is 19.5. The van der Waals surface area contributed by atoms with E-state index in [0.717, 1.165) is 67.0 Å². The number of rotatable bonds is 13. The molecule has 2 atom stereocenters. The molecule has 1 aliphatic rings. The quantitative estimate of drug-likeness (QED) is 0.214. The summed E-state index contributed by atoms with van der Waals surface area (Å²) in [7, 11) is 1.74. The van der Waals surface area contributed by atoms with Gasteiger partial charge in [0.15, 0.2) is 0 Å². The van der Waals surface area contributed by atoms with E-state index in [1.807, 2.05) is 32.5 Å². The predicted molar refractivity (Wildman–Crippen MR) is 190 cm³/mol. The summed E-state index contributed by atoms with van der Waals surface area (Å²) in [5.74, 6) is 1.62. The van der Waals surface area contributed by atoms with Gasteiger partial charge in [-0.1, -0.05) is 79.9 Å². The van der Waals surface area contributed by atoms with Gasteiger partial charge in [-0.05, 0) is 77.7 Å². The Morgan fingerprint density at radius 3 is 2.00 bits per heavy atom. The fourth-order valence-corrected chi connectivity index (χ4v) is 3.70. The molecule has 0 spiro atoms. The molecule has 1 heterocycles. The lowest BCUT2D eigenvalue weighted by molar-refractivity contribution is 0.0968. The van der Waals surface area contributed by atoms with Crippen LogP contribution in [0, 0.1) is 5.92 Å². The molecule has 0 saturated carbocycles. The second kappa shape index (κ2) is 35.0. The number of nitrogens with zero attached hydrogens (tertiary/aromatic N) is 2. The first-order valence-corrected chi connectivity index (χ1v) is 16.9. The number of thioether (sulfide) groups is 1. The minimum absolute atomic E-state index is 0.221. The van der Waals surface area contributed by atoms with Crippen molar-refractivity contribution in [2.24, 2.45) is 15.9 Å². The molecule has 0 aromatic carbocycles. The van der Waals surface area contributed by atoms with E-state index in [1.165, 1.54) is 29.7 Å². The van der Waals surface area contributed by atoms with Crippen LogP contribution in [0.3, 0.4) is 0 Å². The maximum Gasteiger partial charge on any atom is 0.0721 e. The number of hydrogen-bond donors (Lipinski definition) is 1. The fraction of sp³-hybridized carbons (Fsp3) is 0.771. The van der Waals surface area contributed by atoms with E-state index in [2.05, 4.69) is 86.4 Å². The third-order valence-electron chi connectivity index (χ3n) is 5.82. The van der Waals surface area contributed by atoms with Crippen LogP contribution in [0.5, 0.6) is 0 Å². The Hall–Kier alpha value is -1.21. The summed E-state index contributed by atoms with van der Waals surface area (Å²) < 4.78 is 9.88. The molecule has 1 N–H and O–H groups in total. The molecule has 0 saturated heterocycles. The van der Waals surface area contributed by atoms with Crippen molar-refractivity contribution in [1.29, 1.82) is 0 Å². The Morgan fingerprint density at radius 2 is 1.61 bits per heavy atom. The van der Waals surface area contributed by atoms with Crippen LogP contribution in [0.15, 0.2) is 44.0 Å². The Kier molecular flexibility index (Phi) is 39.9. The van der Waals surface area contributed by atoms with Gasteiger partial charge in [-0.3, -0.25) is 9.98 Å². The van der Waals surface area contributed by atoms with Gasteiger partial charge in [0.25, 0.3) is 0 Å². The summed E-state index contributed by atoms with van der Waals surface area (Å²) in [6, 6.07) is 0. The Morgan fingerprint density at radius 1 is 1.02 bits per heavy atom. The minimum atomic E-state index is -0.221. The highest BCUT2D eigenvalue weighted by molar-refractivity contribution is 8.03. The van der Waals surface area contributed by atoms with Gasteiger partial charge < -0.3 is 14.6 Å². The van der Waals surface area contributed by atoms with Crippen molar-refractivity contribution in [2.75, 3.05) is 32.7 Å². The average Bonchev–Trinajstić information content (AvgIpc) is 3.10. The number of aliphatic hydroxyl groups is 1. The monoisotopic (exact) mass is 599 g/mol. The van der Waals surface area contributed by atoms with Crippen LogP contribution < -0.4 is 0 Å². The molecule has 0 fully saturated rings. The highest BCUT2D eigenvalue weighted by Crippen LogP contribution is 2.24. The van der Waals surface area contributed by atoms with Crippen LogP contribution in [0.2, 0.25) is 0 Å². The summed E-state index contributed by atoms with van der Waals surface area (Å²) in [6.07, 6.45) is 10.7. The molecule has 5 nitrogen and oxygen atoms in total. The fourth-order valence-electron chi connectivity index (χ4n) is 2.78. The number of allylic oxidation sites excluding steroid dienone is 5. The van der Waals surface area contributed by atoms with Crippen LogP contribution in [0.4, 0.5) is 0 Å². The van der Waals surface area contributed by atoms with Crippen LogP contribution in [0.25, 0.3) is 0 Å². The zero-order valence-corrected chi connectivity index (χ0v) is 30.8. The first-order valence-electron chi connectivity index (χ1n) is 16.0. The summed E-state index contributed by atoms with van der Waals surface area (Å²) in [5.41, 5.74) is 5.70. The van der Waals surface area contributed by atoms with Crippen molar-refractivity contribution in [3.05, 3.63) is 34.0 Å². The lowest BCUT2D eigenvalue weighted by Gasteiger charge is -2.07. The molecule has 0 radical (unpaired) electrons. The molecule has 2 unspecified atom stereocenters. The second-order valence-corrected chi connectivity index (χ2v) is 11.1. The van der Waals surface area contributed by atoms with Crippen molar-refractivity contribution in [3.8, 4) is 0 Å². The lowest BCUT2D eigenvalue weighted by Crippen LogP contribution is -2.05. The predicted octanol–water partition coefficient (Wildman–Crippen LogP) is 10.8. The smallest absolute Gasteiger partial charge is 0.0721 e. The maximum absolute atomic E-state index is 8.70. The van der Waals surface area contributed by atoms with Gasteiger partial charge >= 0.3 is 0 Å². The normalized spacial score (nSPS) is 14.7. The van der Waals surface area contributed by atoms with Gasteiger partial charge in [0.1, 0.15) is 0 Å².